The van der Waals surface area contributed by atoms with Gasteiger partial charge in [-0.25, -0.2) is 4.79 Å². The van der Waals surface area contributed by atoms with Crippen molar-refractivity contribution in [2.45, 2.75) is 6.54 Å². The van der Waals surface area contributed by atoms with Crippen LogP contribution in [0.2, 0.25) is 0 Å². The molecule has 0 saturated carbocycles. The minimum Gasteiger partial charge on any atom is -0.477 e. The van der Waals surface area contributed by atoms with E-state index >= 15 is 0 Å². The molecule has 1 saturated heterocycles. The number of carboxylic acids is 1. The van der Waals surface area contributed by atoms with Crippen molar-refractivity contribution in [1.29, 1.82) is 0 Å². The highest BCUT2D eigenvalue weighted by Gasteiger charge is 2.24. The molecule has 0 spiro atoms. The molecule has 8 heteroatoms. The molecule has 182 valence electrons. The Hall–Kier alpha value is -3.75. The van der Waals surface area contributed by atoms with Crippen LogP contribution in [-0.4, -0.2) is 52.8 Å². The molecule has 0 bridgehead atoms. The van der Waals surface area contributed by atoms with Gasteiger partial charge in [-0.15, -0.1) is 0 Å². The number of pyridine rings is 1. The summed E-state index contributed by atoms with van der Waals surface area (Å²) in [5.41, 5.74) is 1.98. The topological polar surface area (TPSA) is 88.8 Å². The molecule has 0 atom stereocenters. The van der Waals surface area contributed by atoms with Crippen LogP contribution in [0, 0.1) is 0 Å². The van der Waals surface area contributed by atoms with E-state index in [0.29, 0.717) is 59.3 Å². The smallest absolute Gasteiger partial charge is 0.353 e. The van der Waals surface area contributed by atoms with Gasteiger partial charge in [-0.3, -0.25) is 14.2 Å². The van der Waals surface area contributed by atoms with E-state index in [2.05, 4.69) is 15.9 Å². The van der Waals surface area contributed by atoms with Gasteiger partial charge in [0.05, 0.1) is 19.8 Å². The van der Waals surface area contributed by atoms with Crippen molar-refractivity contribution in [2.75, 3.05) is 26.3 Å². The Morgan fingerprint density at radius 1 is 0.917 bits per heavy atom. The SMILES string of the molecule is O=C(O)c1c(-c2ccccc2)c2cc(Br)ccc2c(=O)n1Cc1ccc(C(=O)N2CCOCC2)cc1. The second kappa shape index (κ2) is 10.1. The molecule has 0 aliphatic carbocycles. The summed E-state index contributed by atoms with van der Waals surface area (Å²) in [4.78, 5) is 40.6. The molecule has 0 radical (unpaired) electrons. The first kappa shape index (κ1) is 24.0. The molecule has 1 amide bonds. The summed E-state index contributed by atoms with van der Waals surface area (Å²) in [6, 6.07) is 21.4. The standard InChI is InChI=1S/C28H23BrN2O5/c29-21-10-11-22-23(16-21)24(19-4-2-1-3-5-19)25(28(34)35)31(27(22)33)17-18-6-8-20(9-7-18)26(32)30-12-14-36-15-13-30/h1-11,16H,12-15,17H2,(H,34,35). The minimum absolute atomic E-state index is 0.0539. The van der Waals surface area contributed by atoms with E-state index in [1.54, 1.807) is 47.4 Å². The number of halogens is 1. The van der Waals surface area contributed by atoms with Crippen molar-refractivity contribution in [3.8, 4) is 11.1 Å². The number of ether oxygens (including phenoxy) is 1. The predicted octanol–water partition coefficient (Wildman–Crippen LogP) is 4.65. The first-order valence-corrected chi connectivity index (χ1v) is 12.3. The summed E-state index contributed by atoms with van der Waals surface area (Å²) in [7, 11) is 0. The predicted molar refractivity (Wildman–Crippen MR) is 141 cm³/mol. The van der Waals surface area contributed by atoms with Crippen molar-refractivity contribution in [1.82, 2.24) is 9.47 Å². The molecule has 1 aliphatic rings. The summed E-state index contributed by atoms with van der Waals surface area (Å²) >= 11 is 3.45. The van der Waals surface area contributed by atoms with Crippen LogP contribution in [0.15, 0.2) is 82.1 Å². The van der Waals surface area contributed by atoms with Gasteiger partial charge in [-0.1, -0.05) is 58.4 Å². The van der Waals surface area contributed by atoms with E-state index in [4.69, 9.17) is 4.74 Å². The van der Waals surface area contributed by atoms with E-state index in [0.717, 1.165) is 4.47 Å². The number of nitrogens with zero attached hydrogens (tertiary/aromatic N) is 2. The Morgan fingerprint density at radius 3 is 2.28 bits per heavy atom. The summed E-state index contributed by atoms with van der Waals surface area (Å²) < 4.78 is 7.37. The fourth-order valence-corrected chi connectivity index (χ4v) is 4.93. The molecular weight excluding hydrogens is 524 g/mol. The van der Waals surface area contributed by atoms with Crippen molar-refractivity contribution in [3.63, 3.8) is 0 Å². The molecule has 7 nitrogen and oxygen atoms in total. The van der Waals surface area contributed by atoms with Gasteiger partial charge >= 0.3 is 5.97 Å². The molecule has 3 aromatic carbocycles. The molecule has 0 unspecified atom stereocenters. The maximum absolute atomic E-state index is 13.5. The van der Waals surface area contributed by atoms with Crippen LogP contribution in [0.4, 0.5) is 0 Å². The number of carbonyl (C=O) groups excluding carboxylic acids is 1. The van der Waals surface area contributed by atoms with E-state index in [1.807, 2.05) is 30.3 Å². The number of rotatable bonds is 5. The Kier molecular flexibility index (Phi) is 6.71. The number of amides is 1. The van der Waals surface area contributed by atoms with E-state index < -0.39 is 5.97 Å². The van der Waals surface area contributed by atoms with Crippen LogP contribution < -0.4 is 5.56 Å². The molecule has 1 aliphatic heterocycles. The number of aromatic carboxylic acids is 1. The van der Waals surface area contributed by atoms with Crippen molar-refractivity contribution >= 4 is 38.6 Å². The first-order chi connectivity index (χ1) is 17.4. The zero-order chi connectivity index (χ0) is 25.2. The lowest BCUT2D eigenvalue weighted by Crippen LogP contribution is -2.40. The number of morpholine rings is 1. The monoisotopic (exact) mass is 546 g/mol. The average Bonchev–Trinajstić information content (AvgIpc) is 2.90. The van der Waals surface area contributed by atoms with E-state index in [-0.39, 0.29) is 23.7 Å². The van der Waals surface area contributed by atoms with Crippen LogP contribution in [0.5, 0.6) is 0 Å². The first-order valence-electron chi connectivity index (χ1n) is 11.5. The van der Waals surface area contributed by atoms with Crippen LogP contribution in [0.3, 0.4) is 0 Å². The van der Waals surface area contributed by atoms with Crippen LogP contribution in [0.25, 0.3) is 21.9 Å². The number of benzene rings is 3. The summed E-state index contributed by atoms with van der Waals surface area (Å²) in [5.74, 6) is -1.26. The highest BCUT2D eigenvalue weighted by atomic mass is 79.9. The molecule has 1 fully saturated rings. The van der Waals surface area contributed by atoms with E-state index in [1.165, 1.54) is 4.57 Å². The van der Waals surface area contributed by atoms with Crippen molar-refractivity contribution in [2.24, 2.45) is 0 Å². The van der Waals surface area contributed by atoms with Crippen LogP contribution >= 0.6 is 15.9 Å². The molecule has 4 aromatic rings. The second-order valence-electron chi connectivity index (χ2n) is 8.58. The average molecular weight is 547 g/mol. The highest BCUT2D eigenvalue weighted by molar-refractivity contribution is 9.10. The third-order valence-electron chi connectivity index (χ3n) is 6.34. The third kappa shape index (κ3) is 4.57. The molecule has 5 rings (SSSR count). The normalized spacial score (nSPS) is 13.6. The maximum atomic E-state index is 13.5. The quantitative estimate of drug-likeness (QED) is 0.393. The second-order valence-corrected chi connectivity index (χ2v) is 9.49. The summed E-state index contributed by atoms with van der Waals surface area (Å²) in [6.45, 7) is 2.19. The van der Waals surface area contributed by atoms with Gasteiger partial charge < -0.3 is 14.7 Å². The fourth-order valence-electron chi connectivity index (χ4n) is 4.57. The maximum Gasteiger partial charge on any atom is 0.353 e. The van der Waals surface area contributed by atoms with Crippen molar-refractivity contribution in [3.05, 3.63) is 104 Å². The number of carboxylic acid groups (broad SMARTS) is 1. The number of hydrogen-bond donors (Lipinski definition) is 1. The zero-order valence-electron chi connectivity index (χ0n) is 19.3. The van der Waals surface area contributed by atoms with E-state index in [9.17, 15) is 19.5 Å². The summed E-state index contributed by atoms with van der Waals surface area (Å²) in [6.07, 6.45) is 0. The summed E-state index contributed by atoms with van der Waals surface area (Å²) in [5, 5.41) is 11.3. The zero-order valence-corrected chi connectivity index (χ0v) is 20.9. The lowest BCUT2D eigenvalue weighted by Gasteiger charge is -2.26. The fraction of sp³-hybridized carbons (Fsp3) is 0.179. The van der Waals surface area contributed by atoms with Gasteiger partial charge in [0.25, 0.3) is 11.5 Å². The number of aromatic nitrogens is 1. The lowest BCUT2D eigenvalue weighted by molar-refractivity contribution is 0.0303. The van der Waals surface area contributed by atoms with Crippen LogP contribution in [-0.2, 0) is 11.3 Å². The number of carbonyl (C=O) groups is 2. The Labute approximate surface area is 215 Å². The van der Waals surface area contributed by atoms with Crippen molar-refractivity contribution < 1.29 is 19.4 Å². The molecule has 36 heavy (non-hydrogen) atoms. The Bertz CT molecular complexity index is 1510. The van der Waals surface area contributed by atoms with Gasteiger partial charge in [-0.2, -0.15) is 0 Å². The third-order valence-corrected chi connectivity index (χ3v) is 6.83. The molecule has 1 N–H and O–H groups in total. The minimum atomic E-state index is -1.19. The van der Waals surface area contributed by atoms with Gasteiger partial charge in [0.2, 0.25) is 0 Å². The Morgan fingerprint density at radius 2 is 1.61 bits per heavy atom. The molecular formula is C28H23BrN2O5. The number of fused-ring (bicyclic) bond motifs is 1. The van der Waals surface area contributed by atoms with Gasteiger partial charge in [0.1, 0.15) is 5.69 Å². The van der Waals surface area contributed by atoms with Crippen LogP contribution in [0.1, 0.15) is 26.4 Å². The largest absolute Gasteiger partial charge is 0.477 e. The lowest BCUT2D eigenvalue weighted by atomic mass is 9.96. The molecule has 1 aromatic heterocycles. The Balaban J connectivity index is 1.61. The van der Waals surface area contributed by atoms with Gasteiger partial charge in [-0.05, 0) is 46.8 Å². The van der Waals surface area contributed by atoms with Gasteiger partial charge in [0.15, 0.2) is 0 Å². The molecule has 2 heterocycles. The number of hydrogen-bond acceptors (Lipinski definition) is 4. The highest BCUT2D eigenvalue weighted by Crippen LogP contribution is 2.32. The van der Waals surface area contributed by atoms with Gasteiger partial charge in [0, 0.05) is 34.1 Å².